The smallest absolute Gasteiger partial charge is 0.119 e. The van der Waals surface area contributed by atoms with Gasteiger partial charge in [0, 0.05) is 6.61 Å². The second-order valence-electron chi connectivity index (χ2n) is 14.1. The highest BCUT2D eigenvalue weighted by molar-refractivity contribution is 5.83. The lowest BCUT2D eigenvalue weighted by molar-refractivity contribution is 0.0627. The maximum atomic E-state index is 6.22. The Bertz CT molecular complexity index is 1170. The molecule has 0 aliphatic heterocycles. The molecule has 1 unspecified atom stereocenters. The van der Waals surface area contributed by atoms with E-state index < -0.39 is 0 Å². The Balaban J connectivity index is 1.34. The predicted octanol–water partition coefficient (Wildman–Crippen LogP) is 15.1. The summed E-state index contributed by atoms with van der Waals surface area (Å²) < 4.78 is 12.3. The summed E-state index contributed by atoms with van der Waals surface area (Å²) in [5.41, 5.74) is 6.22. The van der Waals surface area contributed by atoms with Crippen molar-refractivity contribution < 1.29 is 9.47 Å². The minimum Gasteiger partial charge on any atom is -0.494 e. The molecule has 0 spiro atoms. The Morgan fingerprint density at radius 3 is 1.23 bits per heavy atom. The molecule has 0 aliphatic carbocycles. The van der Waals surface area contributed by atoms with Crippen molar-refractivity contribution in [2.45, 2.75) is 168 Å². The van der Waals surface area contributed by atoms with Gasteiger partial charge in [0.15, 0.2) is 0 Å². The molecule has 3 rings (SSSR count). The molecule has 0 saturated heterocycles. The lowest BCUT2D eigenvalue weighted by Gasteiger charge is -2.15. The molecule has 2 heteroatoms. The van der Waals surface area contributed by atoms with Crippen molar-refractivity contribution in [3.8, 4) is 28.0 Å². The average Bonchev–Trinajstić information content (AvgIpc) is 3.13. The van der Waals surface area contributed by atoms with Crippen LogP contribution in [0.2, 0.25) is 0 Å². The molecule has 2 nitrogen and oxygen atoms in total. The molecule has 1 atom stereocenters. The molecular weight excluding hydrogens is 585 g/mol. The van der Waals surface area contributed by atoms with Gasteiger partial charge in [0.25, 0.3) is 0 Å². The standard InChI is InChI=1S/C46H70O2/c1-4-6-8-10-12-14-16-18-20-22-26-38-47-40(3)41-30-32-42(33-31-41)45-28-24-25-29-46(45)43-34-36-44(37-35-43)48-39-27-23-21-19-17-15-13-11-9-7-5-2/h24-25,28-37,40H,4-23,26-27,38-39H2,1-3H3. The van der Waals surface area contributed by atoms with E-state index in [4.69, 9.17) is 9.47 Å². The average molecular weight is 655 g/mol. The SMILES string of the molecule is CCCCCCCCCCCCCOc1ccc(-c2ccccc2-c2ccc(C(C)OCCCCCCCCCCCCC)cc2)cc1. The quantitative estimate of drug-likeness (QED) is 0.0694. The van der Waals surface area contributed by atoms with Crippen LogP contribution in [0.4, 0.5) is 0 Å². The Kier molecular flexibility index (Phi) is 21.8. The van der Waals surface area contributed by atoms with Crippen LogP contribution in [-0.2, 0) is 4.74 Å². The summed E-state index contributed by atoms with van der Waals surface area (Å²) in [6, 6.07) is 26.4. The van der Waals surface area contributed by atoms with Crippen molar-refractivity contribution in [2.24, 2.45) is 0 Å². The van der Waals surface area contributed by atoms with Gasteiger partial charge in [0.1, 0.15) is 5.75 Å². The van der Waals surface area contributed by atoms with E-state index in [1.807, 2.05) is 0 Å². The minimum atomic E-state index is 0.120. The zero-order valence-electron chi connectivity index (χ0n) is 31.3. The van der Waals surface area contributed by atoms with Gasteiger partial charge in [-0.1, -0.05) is 203 Å². The number of ether oxygens (including phenoxy) is 2. The van der Waals surface area contributed by atoms with Crippen molar-refractivity contribution in [3.63, 3.8) is 0 Å². The van der Waals surface area contributed by atoms with Crippen molar-refractivity contribution in [3.05, 3.63) is 78.4 Å². The van der Waals surface area contributed by atoms with Gasteiger partial charge in [-0.15, -0.1) is 0 Å². The first kappa shape index (κ1) is 39.9. The molecule has 0 N–H and O–H groups in total. The van der Waals surface area contributed by atoms with Crippen molar-refractivity contribution >= 4 is 0 Å². The summed E-state index contributed by atoms with van der Waals surface area (Å²) in [5.74, 6) is 0.967. The molecule has 48 heavy (non-hydrogen) atoms. The summed E-state index contributed by atoms with van der Waals surface area (Å²) in [4.78, 5) is 0. The third-order valence-electron chi connectivity index (χ3n) is 9.92. The first-order valence-corrected chi connectivity index (χ1v) is 20.3. The van der Waals surface area contributed by atoms with E-state index in [1.165, 1.54) is 156 Å². The van der Waals surface area contributed by atoms with E-state index in [-0.39, 0.29) is 6.10 Å². The van der Waals surface area contributed by atoms with Gasteiger partial charge in [0.2, 0.25) is 0 Å². The fraction of sp³-hybridized carbons (Fsp3) is 0.609. The number of hydrogen-bond donors (Lipinski definition) is 0. The van der Waals surface area contributed by atoms with Crippen LogP contribution in [0.15, 0.2) is 72.8 Å². The van der Waals surface area contributed by atoms with Gasteiger partial charge in [0.05, 0.1) is 12.7 Å². The molecule has 0 aliphatic rings. The van der Waals surface area contributed by atoms with Crippen molar-refractivity contribution in [2.75, 3.05) is 13.2 Å². The fourth-order valence-corrected chi connectivity index (χ4v) is 6.73. The molecule has 0 radical (unpaired) electrons. The normalized spacial score (nSPS) is 12.0. The highest BCUT2D eigenvalue weighted by Gasteiger charge is 2.10. The van der Waals surface area contributed by atoms with E-state index in [2.05, 4.69) is 93.6 Å². The van der Waals surface area contributed by atoms with E-state index in [9.17, 15) is 0 Å². The van der Waals surface area contributed by atoms with Crippen LogP contribution in [0.25, 0.3) is 22.3 Å². The molecule has 3 aromatic rings. The van der Waals surface area contributed by atoms with Crippen LogP contribution >= 0.6 is 0 Å². The lowest BCUT2D eigenvalue weighted by Crippen LogP contribution is -2.02. The highest BCUT2D eigenvalue weighted by atomic mass is 16.5. The maximum absolute atomic E-state index is 6.22. The minimum absolute atomic E-state index is 0.120. The molecular formula is C46H70O2. The van der Waals surface area contributed by atoms with Gasteiger partial charge in [-0.3, -0.25) is 0 Å². The van der Waals surface area contributed by atoms with Crippen LogP contribution in [0, 0.1) is 0 Å². The fourth-order valence-electron chi connectivity index (χ4n) is 6.73. The predicted molar refractivity (Wildman–Crippen MR) is 210 cm³/mol. The molecule has 3 aromatic carbocycles. The molecule has 0 aromatic heterocycles. The molecule has 0 saturated carbocycles. The Hall–Kier alpha value is -2.58. The Morgan fingerprint density at radius 2 is 0.792 bits per heavy atom. The molecule has 0 heterocycles. The number of hydrogen-bond acceptors (Lipinski definition) is 2. The lowest BCUT2D eigenvalue weighted by atomic mass is 9.94. The van der Waals surface area contributed by atoms with Crippen molar-refractivity contribution in [1.29, 1.82) is 0 Å². The van der Waals surface area contributed by atoms with Gasteiger partial charge >= 0.3 is 0 Å². The second kappa shape index (κ2) is 26.3. The first-order chi connectivity index (χ1) is 23.7. The van der Waals surface area contributed by atoms with Gasteiger partial charge in [-0.2, -0.15) is 0 Å². The molecule has 266 valence electrons. The molecule has 0 amide bonds. The monoisotopic (exact) mass is 655 g/mol. The molecule has 0 fully saturated rings. The summed E-state index contributed by atoms with van der Waals surface area (Å²) in [5, 5.41) is 0. The number of rotatable bonds is 29. The Morgan fingerprint density at radius 1 is 0.417 bits per heavy atom. The van der Waals surface area contributed by atoms with E-state index in [0.717, 1.165) is 31.8 Å². The topological polar surface area (TPSA) is 18.5 Å². The second-order valence-corrected chi connectivity index (χ2v) is 14.1. The van der Waals surface area contributed by atoms with Crippen LogP contribution in [0.3, 0.4) is 0 Å². The van der Waals surface area contributed by atoms with E-state index >= 15 is 0 Å². The zero-order chi connectivity index (χ0) is 33.9. The number of unbranched alkanes of at least 4 members (excludes halogenated alkanes) is 20. The van der Waals surface area contributed by atoms with E-state index in [0.29, 0.717) is 0 Å². The van der Waals surface area contributed by atoms with Gasteiger partial charge in [-0.05, 0) is 59.7 Å². The first-order valence-electron chi connectivity index (χ1n) is 20.3. The van der Waals surface area contributed by atoms with Gasteiger partial charge < -0.3 is 9.47 Å². The Labute approximate surface area is 296 Å². The summed E-state index contributed by atoms with van der Waals surface area (Å²) in [7, 11) is 0. The van der Waals surface area contributed by atoms with Gasteiger partial charge in [-0.25, -0.2) is 0 Å². The van der Waals surface area contributed by atoms with Crippen LogP contribution < -0.4 is 4.74 Å². The summed E-state index contributed by atoms with van der Waals surface area (Å²) >= 11 is 0. The van der Waals surface area contributed by atoms with Crippen LogP contribution in [0.5, 0.6) is 5.75 Å². The third-order valence-corrected chi connectivity index (χ3v) is 9.92. The van der Waals surface area contributed by atoms with Crippen LogP contribution in [0.1, 0.15) is 174 Å². The maximum Gasteiger partial charge on any atom is 0.119 e. The summed E-state index contributed by atoms with van der Waals surface area (Å²) in [6.45, 7) is 8.42. The summed E-state index contributed by atoms with van der Waals surface area (Å²) in [6.07, 6.45) is 30.0. The number of benzene rings is 3. The largest absolute Gasteiger partial charge is 0.494 e. The zero-order valence-corrected chi connectivity index (χ0v) is 31.3. The highest BCUT2D eigenvalue weighted by Crippen LogP contribution is 2.34. The van der Waals surface area contributed by atoms with Crippen molar-refractivity contribution in [1.82, 2.24) is 0 Å². The van der Waals surface area contributed by atoms with E-state index in [1.54, 1.807) is 0 Å². The van der Waals surface area contributed by atoms with Crippen LogP contribution in [-0.4, -0.2) is 13.2 Å². The molecule has 0 bridgehead atoms. The third kappa shape index (κ3) is 16.7.